The summed E-state index contributed by atoms with van der Waals surface area (Å²) < 4.78 is 38.8. The fraction of sp³-hybridized carbons (Fsp3) is 0.0833. The van der Waals surface area contributed by atoms with Crippen molar-refractivity contribution < 1.29 is 18.1 Å². The summed E-state index contributed by atoms with van der Waals surface area (Å²) >= 11 is 5.76. The smallest absolute Gasteiger partial charge is 0.258 e. The minimum Gasteiger partial charge on any atom is -0.258 e. The molecule has 0 bridgehead atoms. The molecule has 0 saturated heterocycles. The highest BCUT2D eigenvalue weighted by atomic mass is 35.5. The van der Waals surface area contributed by atoms with Gasteiger partial charge in [0, 0.05) is 11.6 Å². The van der Waals surface area contributed by atoms with Crippen LogP contribution in [0.15, 0.2) is 36.5 Å². The third-order valence-electron chi connectivity index (χ3n) is 2.56. The van der Waals surface area contributed by atoms with Crippen molar-refractivity contribution in [1.82, 2.24) is 4.98 Å². The lowest BCUT2D eigenvalue weighted by molar-refractivity contribution is -0.385. The monoisotopic (exact) mass is 302 g/mol. The molecule has 20 heavy (non-hydrogen) atoms. The third-order valence-corrected chi connectivity index (χ3v) is 2.86. The largest absolute Gasteiger partial charge is 0.417 e. The molecule has 104 valence electrons. The Hall–Kier alpha value is -2.15. The van der Waals surface area contributed by atoms with Crippen molar-refractivity contribution in [3.05, 3.63) is 57.4 Å². The number of halogens is 4. The molecule has 0 N–H and O–H groups in total. The van der Waals surface area contributed by atoms with E-state index in [0.717, 1.165) is 18.3 Å². The number of nitro groups is 1. The number of hydrogen-bond donors (Lipinski definition) is 0. The highest BCUT2D eigenvalue weighted by Crippen LogP contribution is 2.39. The average molecular weight is 303 g/mol. The highest BCUT2D eigenvalue weighted by molar-refractivity contribution is 6.32. The summed E-state index contributed by atoms with van der Waals surface area (Å²) in [6.45, 7) is 0. The Labute approximate surface area is 116 Å². The standard InChI is InChI=1S/C12H6ClF3N2O2/c13-11-9(5-7(6-17-11)18(19)20)8-3-1-2-4-10(8)12(14,15)16/h1-6H. The molecule has 2 aromatic rings. The van der Waals surface area contributed by atoms with Crippen molar-refractivity contribution in [1.29, 1.82) is 0 Å². The molecule has 2 rings (SSSR count). The summed E-state index contributed by atoms with van der Waals surface area (Å²) in [6, 6.07) is 5.66. The van der Waals surface area contributed by atoms with Gasteiger partial charge in [0.1, 0.15) is 11.3 Å². The number of pyridine rings is 1. The van der Waals surface area contributed by atoms with E-state index in [1.54, 1.807) is 0 Å². The van der Waals surface area contributed by atoms with Gasteiger partial charge in [-0.2, -0.15) is 13.2 Å². The van der Waals surface area contributed by atoms with Crippen LogP contribution < -0.4 is 0 Å². The zero-order valence-corrected chi connectivity index (χ0v) is 10.4. The van der Waals surface area contributed by atoms with Crippen LogP contribution in [-0.2, 0) is 6.18 Å². The minimum absolute atomic E-state index is 0.131. The zero-order chi connectivity index (χ0) is 14.9. The van der Waals surface area contributed by atoms with Crippen molar-refractivity contribution >= 4 is 17.3 Å². The summed E-state index contributed by atoms with van der Waals surface area (Å²) in [5.74, 6) is 0. The van der Waals surface area contributed by atoms with E-state index in [1.165, 1.54) is 18.2 Å². The van der Waals surface area contributed by atoms with Gasteiger partial charge in [-0.1, -0.05) is 29.8 Å². The third kappa shape index (κ3) is 2.72. The topological polar surface area (TPSA) is 56.0 Å². The number of benzene rings is 1. The molecule has 1 aromatic heterocycles. The normalized spacial score (nSPS) is 11.4. The van der Waals surface area contributed by atoms with E-state index < -0.39 is 22.4 Å². The fourth-order valence-corrected chi connectivity index (χ4v) is 1.90. The second-order valence-electron chi connectivity index (χ2n) is 3.83. The SMILES string of the molecule is O=[N+]([O-])c1cnc(Cl)c(-c2ccccc2C(F)(F)F)c1. The fourth-order valence-electron chi connectivity index (χ4n) is 1.69. The van der Waals surface area contributed by atoms with E-state index in [-0.39, 0.29) is 16.3 Å². The zero-order valence-electron chi connectivity index (χ0n) is 9.69. The van der Waals surface area contributed by atoms with E-state index in [4.69, 9.17) is 11.6 Å². The molecule has 0 aliphatic carbocycles. The van der Waals surface area contributed by atoms with Crippen molar-refractivity contribution in [2.75, 3.05) is 0 Å². The first kappa shape index (κ1) is 14.3. The summed E-state index contributed by atoms with van der Waals surface area (Å²) in [5, 5.41) is 10.4. The van der Waals surface area contributed by atoms with E-state index in [2.05, 4.69) is 4.98 Å². The van der Waals surface area contributed by atoms with Crippen LogP contribution in [0.2, 0.25) is 5.15 Å². The molecule has 4 nitrogen and oxygen atoms in total. The number of nitrogens with zero attached hydrogens (tertiary/aromatic N) is 2. The summed E-state index contributed by atoms with van der Waals surface area (Å²) in [7, 11) is 0. The van der Waals surface area contributed by atoms with Crippen molar-refractivity contribution in [2.24, 2.45) is 0 Å². The van der Waals surface area contributed by atoms with Crippen LogP contribution in [0, 0.1) is 10.1 Å². The summed E-state index contributed by atoms with van der Waals surface area (Å²) in [4.78, 5) is 13.5. The van der Waals surface area contributed by atoms with Gasteiger partial charge in [0.05, 0.1) is 10.5 Å². The number of rotatable bonds is 2. The Kier molecular flexibility index (Phi) is 3.63. The molecule has 0 aliphatic heterocycles. The Bertz CT molecular complexity index is 674. The van der Waals surface area contributed by atoms with Crippen LogP contribution in [0.4, 0.5) is 18.9 Å². The first-order valence-electron chi connectivity index (χ1n) is 5.27. The molecular weight excluding hydrogens is 297 g/mol. The Morgan fingerprint density at radius 2 is 1.85 bits per heavy atom. The maximum atomic E-state index is 12.9. The van der Waals surface area contributed by atoms with E-state index in [0.29, 0.717) is 0 Å². The Balaban J connectivity index is 2.69. The summed E-state index contributed by atoms with van der Waals surface area (Å²) in [6.07, 6.45) is -3.70. The lowest BCUT2D eigenvalue weighted by Gasteiger charge is -2.13. The summed E-state index contributed by atoms with van der Waals surface area (Å²) in [5.41, 5.74) is -1.74. The van der Waals surface area contributed by atoms with Gasteiger partial charge in [0.15, 0.2) is 0 Å². The number of hydrogen-bond acceptors (Lipinski definition) is 3. The maximum Gasteiger partial charge on any atom is 0.417 e. The lowest BCUT2D eigenvalue weighted by atomic mass is 10.0. The van der Waals surface area contributed by atoms with Crippen LogP contribution in [-0.4, -0.2) is 9.91 Å². The Morgan fingerprint density at radius 3 is 2.45 bits per heavy atom. The van der Waals surface area contributed by atoms with Crippen LogP contribution in [0.25, 0.3) is 11.1 Å². The average Bonchev–Trinajstić information content (AvgIpc) is 2.38. The molecule has 0 spiro atoms. The van der Waals surface area contributed by atoms with Gasteiger partial charge < -0.3 is 0 Å². The predicted molar refractivity (Wildman–Crippen MR) is 66.3 cm³/mol. The molecule has 0 amide bonds. The predicted octanol–water partition coefficient (Wildman–Crippen LogP) is 4.33. The van der Waals surface area contributed by atoms with E-state index >= 15 is 0 Å². The molecule has 0 aliphatic rings. The van der Waals surface area contributed by atoms with Gasteiger partial charge in [-0.3, -0.25) is 10.1 Å². The Morgan fingerprint density at radius 1 is 1.20 bits per heavy atom. The molecule has 0 atom stereocenters. The molecule has 0 radical (unpaired) electrons. The molecular formula is C12H6ClF3N2O2. The maximum absolute atomic E-state index is 12.9. The van der Waals surface area contributed by atoms with Crippen LogP contribution in [0.1, 0.15) is 5.56 Å². The highest BCUT2D eigenvalue weighted by Gasteiger charge is 2.34. The van der Waals surface area contributed by atoms with Crippen molar-refractivity contribution in [3.8, 4) is 11.1 Å². The molecule has 1 aromatic carbocycles. The molecule has 8 heteroatoms. The van der Waals surface area contributed by atoms with Gasteiger partial charge >= 0.3 is 6.18 Å². The quantitative estimate of drug-likeness (QED) is 0.471. The van der Waals surface area contributed by atoms with Gasteiger partial charge in [-0.05, 0) is 11.6 Å². The minimum atomic E-state index is -4.59. The first-order valence-corrected chi connectivity index (χ1v) is 5.65. The second kappa shape index (κ2) is 5.09. The molecule has 1 heterocycles. The van der Waals surface area contributed by atoms with E-state index in [9.17, 15) is 23.3 Å². The molecule has 0 unspecified atom stereocenters. The number of aromatic nitrogens is 1. The van der Waals surface area contributed by atoms with Gasteiger partial charge in [0.25, 0.3) is 5.69 Å². The van der Waals surface area contributed by atoms with Crippen LogP contribution >= 0.6 is 11.6 Å². The van der Waals surface area contributed by atoms with Gasteiger partial charge in [0.2, 0.25) is 0 Å². The van der Waals surface area contributed by atoms with E-state index in [1.807, 2.05) is 0 Å². The second-order valence-corrected chi connectivity index (χ2v) is 4.19. The van der Waals surface area contributed by atoms with Crippen molar-refractivity contribution in [3.63, 3.8) is 0 Å². The number of alkyl halides is 3. The first-order chi connectivity index (χ1) is 9.30. The molecule has 0 saturated carbocycles. The van der Waals surface area contributed by atoms with Crippen LogP contribution in [0.3, 0.4) is 0 Å². The van der Waals surface area contributed by atoms with Gasteiger partial charge in [-0.25, -0.2) is 4.98 Å². The van der Waals surface area contributed by atoms with Crippen molar-refractivity contribution in [2.45, 2.75) is 6.18 Å². The molecule has 0 fully saturated rings. The van der Waals surface area contributed by atoms with Crippen LogP contribution in [0.5, 0.6) is 0 Å². The lowest BCUT2D eigenvalue weighted by Crippen LogP contribution is -2.07. The van der Waals surface area contributed by atoms with Gasteiger partial charge in [-0.15, -0.1) is 0 Å².